The molecule has 0 unspecified atom stereocenters. The maximum atomic E-state index is 12.9. The Morgan fingerprint density at radius 3 is 2.42 bits per heavy atom. The summed E-state index contributed by atoms with van der Waals surface area (Å²) in [5, 5.41) is 6.91. The number of hydrogen-bond acceptors (Lipinski definition) is 5. The lowest BCUT2D eigenvalue weighted by atomic mass is 10.2. The molecule has 0 aliphatic heterocycles. The SMILES string of the molecule is O=C(N[C@@H]1CCc2nn(-c3ccnc(C(F)(F)F)c3)cc21)c1cnc(C(F)(F)F)cn1. The largest absolute Gasteiger partial charge is 0.434 e. The number of aryl methyl sites for hydroxylation is 1. The van der Waals surface area contributed by atoms with Crippen molar-refractivity contribution in [1.29, 1.82) is 0 Å². The fraction of sp³-hybridized carbons (Fsp3) is 0.278. The van der Waals surface area contributed by atoms with E-state index >= 15 is 0 Å². The molecule has 1 N–H and O–H groups in total. The minimum atomic E-state index is -4.67. The molecule has 13 heteroatoms. The van der Waals surface area contributed by atoms with Gasteiger partial charge in [0.15, 0.2) is 5.69 Å². The third kappa shape index (κ3) is 4.20. The second-order valence-corrected chi connectivity index (χ2v) is 6.72. The highest BCUT2D eigenvalue weighted by Crippen LogP contribution is 2.33. The fourth-order valence-corrected chi connectivity index (χ4v) is 3.17. The molecular weight excluding hydrogens is 430 g/mol. The van der Waals surface area contributed by atoms with Crippen molar-refractivity contribution >= 4 is 5.91 Å². The number of alkyl halides is 6. The van der Waals surface area contributed by atoms with Crippen LogP contribution in [0, 0.1) is 0 Å². The summed E-state index contributed by atoms with van der Waals surface area (Å²) < 4.78 is 77.6. The van der Waals surface area contributed by atoms with Crippen LogP contribution in [0.3, 0.4) is 0 Å². The number of carbonyl (C=O) groups excluding carboxylic acids is 1. The Labute approximate surface area is 170 Å². The molecule has 3 aromatic rings. The van der Waals surface area contributed by atoms with E-state index in [2.05, 4.69) is 25.4 Å². The van der Waals surface area contributed by atoms with Crippen LogP contribution in [0.15, 0.2) is 36.9 Å². The molecule has 3 aromatic heterocycles. The molecule has 31 heavy (non-hydrogen) atoms. The Balaban J connectivity index is 1.52. The highest BCUT2D eigenvalue weighted by Gasteiger charge is 2.34. The van der Waals surface area contributed by atoms with Gasteiger partial charge in [-0.2, -0.15) is 31.4 Å². The van der Waals surface area contributed by atoms with Gasteiger partial charge in [0.25, 0.3) is 5.91 Å². The number of halogens is 6. The van der Waals surface area contributed by atoms with Crippen molar-refractivity contribution in [2.45, 2.75) is 31.2 Å². The van der Waals surface area contributed by atoms with Gasteiger partial charge in [0.2, 0.25) is 0 Å². The van der Waals surface area contributed by atoms with Gasteiger partial charge in [-0.15, -0.1) is 0 Å². The molecule has 0 radical (unpaired) electrons. The molecule has 1 atom stereocenters. The van der Waals surface area contributed by atoms with Gasteiger partial charge in [-0.3, -0.25) is 9.78 Å². The van der Waals surface area contributed by atoms with Crippen LogP contribution in [0.2, 0.25) is 0 Å². The molecule has 0 fully saturated rings. The fourth-order valence-electron chi connectivity index (χ4n) is 3.17. The first-order valence-corrected chi connectivity index (χ1v) is 8.84. The molecule has 4 rings (SSSR count). The predicted octanol–water partition coefficient (Wildman–Crippen LogP) is 3.51. The van der Waals surface area contributed by atoms with Crippen molar-refractivity contribution in [3.8, 4) is 5.69 Å². The van der Waals surface area contributed by atoms with E-state index in [0.29, 0.717) is 30.3 Å². The molecule has 1 amide bonds. The summed E-state index contributed by atoms with van der Waals surface area (Å²) in [5.41, 5.74) is -1.24. The normalized spacial score (nSPS) is 16.3. The number of fused-ring (bicyclic) bond motifs is 1. The zero-order chi connectivity index (χ0) is 22.4. The summed E-state index contributed by atoms with van der Waals surface area (Å²) in [4.78, 5) is 22.3. The second-order valence-electron chi connectivity index (χ2n) is 6.72. The third-order valence-electron chi connectivity index (χ3n) is 4.65. The molecule has 7 nitrogen and oxygen atoms in total. The number of aromatic nitrogens is 5. The number of rotatable bonds is 3. The average Bonchev–Trinajstić information content (AvgIpc) is 3.29. The molecule has 0 spiro atoms. The standard InChI is InChI=1S/C18H12F6N6O/c19-17(20,21)14-5-9(3-4-25-14)30-8-10-11(1-2-12(10)29-30)28-16(31)13-6-27-15(7-26-13)18(22,23)24/h3-8,11H,1-2H2,(H,28,31)/t11-/m1/s1. The van der Waals surface area contributed by atoms with Crippen molar-refractivity contribution in [1.82, 2.24) is 30.0 Å². The van der Waals surface area contributed by atoms with Crippen LogP contribution in [-0.4, -0.2) is 30.6 Å². The zero-order valence-electron chi connectivity index (χ0n) is 15.4. The minimum Gasteiger partial charge on any atom is -0.344 e. The van der Waals surface area contributed by atoms with Crippen LogP contribution in [0.25, 0.3) is 5.69 Å². The molecule has 0 bridgehead atoms. The lowest BCUT2D eigenvalue weighted by molar-refractivity contribution is -0.142. The van der Waals surface area contributed by atoms with E-state index in [1.54, 1.807) is 0 Å². The summed E-state index contributed by atoms with van der Waals surface area (Å²) in [6.45, 7) is 0. The van der Waals surface area contributed by atoms with Gasteiger partial charge in [-0.05, 0) is 25.0 Å². The Morgan fingerprint density at radius 1 is 1.03 bits per heavy atom. The van der Waals surface area contributed by atoms with Crippen LogP contribution >= 0.6 is 0 Å². The topological polar surface area (TPSA) is 85.6 Å². The molecule has 1 aliphatic rings. The highest BCUT2D eigenvalue weighted by atomic mass is 19.4. The minimum absolute atomic E-state index is 0.149. The molecule has 0 saturated carbocycles. The second kappa shape index (κ2) is 7.32. The average molecular weight is 442 g/mol. The first-order chi connectivity index (χ1) is 14.5. The van der Waals surface area contributed by atoms with E-state index in [1.807, 2.05) is 0 Å². The summed E-state index contributed by atoms with van der Waals surface area (Å²) >= 11 is 0. The van der Waals surface area contributed by atoms with Gasteiger partial charge in [0.05, 0.1) is 29.8 Å². The first-order valence-electron chi connectivity index (χ1n) is 8.84. The summed E-state index contributed by atoms with van der Waals surface area (Å²) in [7, 11) is 0. The van der Waals surface area contributed by atoms with Crippen molar-refractivity contribution < 1.29 is 31.1 Å². The van der Waals surface area contributed by atoms with E-state index < -0.39 is 35.7 Å². The molecule has 0 aromatic carbocycles. The van der Waals surface area contributed by atoms with Gasteiger partial charge in [0.1, 0.15) is 11.4 Å². The van der Waals surface area contributed by atoms with Crippen LogP contribution in [0.5, 0.6) is 0 Å². The Morgan fingerprint density at radius 2 is 1.77 bits per heavy atom. The molecule has 162 valence electrons. The first kappa shape index (κ1) is 20.8. The number of nitrogens with one attached hydrogen (secondary N) is 1. The lowest BCUT2D eigenvalue weighted by Crippen LogP contribution is -2.28. The number of nitrogens with zero attached hydrogens (tertiary/aromatic N) is 5. The van der Waals surface area contributed by atoms with E-state index in [-0.39, 0.29) is 11.4 Å². The lowest BCUT2D eigenvalue weighted by Gasteiger charge is -2.13. The Bertz CT molecular complexity index is 1120. The smallest absolute Gasteiger partial charge is 0.344 e. The van der Waals surface area contributed by atoms with Gasteiger partial charge in [-0.1, -0.05) is 0 Å². The summed E-state index contributed by atoms with van der Waals surface area (Å²) in [6.07, 6.45) is -4.62. The van der Waals surface area contributed by atoms with Crippen molar-refractivity contribution in [2.75, 3.05) is 0 Å². The van der Waals surface area contributed by atoms with Crippen LogP contribution in [-0.2, 0) is 18.8 Å². The highest BCUT2D eigenvalue weighted by molar-refractivity contribution is 5.92. The maximum absolute atomic E-state index is 12.9. The van der Waals surface area contributed by atoms with E-state index in [9.17, 15) is 31.1 Å². The van der Waals surface area contributed by atoms with E-state index in [4.69, 9.17) is 0 Å². The summed E-state index contributed by atoms with van der Waals surface area (Å²) in [6, 6.07) is 1.69. The predicted molar refractivity (Wildman–Crippen MR) is 91.9 cm³/mol. The molecule has 1 aliphatic carbocycles. The van der Waals surface area contributed by atoms with Crippen molar-refractivity contribution in [3.63, 3.8) is 0 Å². The van der Waals surface area contributed by atoms with Crippen molar-refractivity contribution in [2.24, 2.45) is 0 Å². The monoisotopic (exact) mass is 442 g/mol. The maximum Gasteiger partial charge on any atom is 0.434 e. The van der Waals surface area contributed by atoms with Crippen molar-refractivity contribution in [3.05, 3.63) is 65.3 Å². The molecule has 3 heterocycles. The van der Waals surface area contributed by atoms with Gasteiger partial charge >= 0.3 is 12.4 Å². The van der Waals surface area contributed by atoms with E-state index in [0.717, 1.165) is 18.5 Å². The van der Waals surface area contributed by atoms with Gasteiger partial charge < -0.3 is 5.32 Å². The Kier molecular flexibility index (Phi) is 4.90. The Hall–Kier alpha value is -3.51. The number of carbonyl (C=O) groups is 1. The third-order valence-corrected chi connectivity index (χ3v) is 4.65. The molecular formula is C18H12F6N6O. The summed E-state index contributed by atoms with van der Waals surface area (Å²) in [5.74, 6) is -0.727. The quantitative estimate of drug-likeness (QED) is 0.628. The van der Waals surface area contributed by atoms with Crippen LogP contribution in [0.1, 0.15) is 45.6 Å². The number of pyridine rings is 1. The van der Waals surface area contributed by atoms with Gasteiger partial charge in [0, 0.05) is 18.0 Å². The molecule has 0 saturated heterocycles. The van der Waals surface area contributed by atoms with Crippen LogP contribution in [0.4, 0.5) is 26.3 Å². The van der Waals surface area contributed by atoms with E-state index in [1.165, 1.54) is 16.9 Å². The van der Waals surface area contributed by atoms with Crippen LogP contribution < -0.4 is 5.32 Å². The number of amides is 1. The zero-order valence-corrected chi connectivity index (χ0v) is 15.4. The van der Waals surface area contributed by atoms with Gasteiger partial charge in [-0.25, -0.2) is 14.6 Å². The number of hydrogen-bond donors (Lipinski definition) is 1.